The summed E-state index contributed by atoms with van der Waals surface area (Å²) in [5.41, 5.74) is 2.36. The molecule has 0 spiro atoms. The fourth-order valence-electron chi connectivity index (χ4n) is 1.40. The second-order valence-corrected chi connectivity index (χ2v) is 4.35. The highest BCUT2D eigenvalue weighted by Crippen LogP contribution is 2.27. The smallest absolute Gasteiger partial charge is 0.337 e. The van der Waals surface area contributed by atoms with E-state index in [2.05, 4.69) is 23.4 Å². The van der Waals surface area contributed by atoms with Crippen LogP contribution in [0.15, 0.2) is 29.9 Å². The largest absolute Gasteiger partial charge is 0.478 e. The molecule has 0 bridgehead atoms. The third-order valence-corrected chi connectivity index (χ3v) is 3.36. The molecular weight excluding hydrogens is 222 g/mol. The molecule has 0 atom stereocenters. The van der Waals surface area contributed by atoms with E-state index in [1.54, 1.807) is 23.6 Å². The fraction of sp³-hybridized carbons (Fsp3) is 0.167. The molecular formula is C12H11NO2S. The van der Waals surface area contributed by atoms with Crippen LogP contribution in [0.1, 0.15) is 22.8 Å². The van der Waals surface area contributed by atoms with E-state index in [9.17, 15) is 4.79 Å². The molecule has 16 heavy (non-hydrogen) atoms. The van der Waals surface area contributed by atoms with Crippen LogP contribution in [0.2, 0.25) is 0 Å². The van der Waals surface area contributed by atoms with Crippen LogP contribution in [0, 0.1) is 0 Å². The van der Waals surface area contributed by atoms with Crippen molar-refractivity contribution in [3.63, 3.8) is 0 Å². The Morgan fingerprint density at radius 2 is 2.25 bits per heavy atom. The lowest BCUT2D eigenvalue weighted by Crippen LogP contribution is -1.96. The maximum Gasteiger partial charge on any atom is 0.337 e. The molecule has 0 aromatic carbocycles. The molecule has 0 radical (unpaired) electrons. The van der Waals surface area contributed by atoms with Gasteiger partial charge in [0.05, 0.1) is 5.56 Å². The molecule has 0 aliphatic heterocycles. The van der Waals surface area contributed by atoms with Gasteiger partial charge in [0.15, 0.2) is 0 Å². The number of thiophene rings is 1. The van der Waals surface area contributed by atoms with Crippen LogP contribution in [0.4, 0.5) is 0 Å². The van der Waals surface area contributed by atoms with E-state index in [-0.39, 0.29) is 5.56 Å². The van der Waals surface area contributed by atoms with Gasteiger partial charge in [0.1, 0.15) is 0 Å². The van der Waals surface area contributed by atoms with Crippen molar-refractivity contribution in [3.05, 3.63) is 41.0 Å². The summed E-state index contributed by atoms with van der Waals surface area (Å²) in [7, 11) is 0. The molecule has 0 aliphatic rings. The van der Waals surface area contributed by atoms with Gasteiger partial charge in [-0.1, -0.05) is 6.92 Å². The first-order chi connectivity index (χ1) is 7.70. The second kappa shape index (κ2) is 4.45. The van der Waals surface area contributed by atoms with Gasteiger partial charge < -0.3 is 5.11 Å². The van der Waals surface area contributed by atoms with E-state index >= 15 is 0 Å². The standard InChI is InChI=1S/C12H11NO2S/c1-2-8-3-11(16-7-8)9-4-10(12(14)15)6-13-5-9/h3-7H,2H2,1H3,(H,14,15). The van der Waals surface area contributed by atoms with Crippen molar-refractivity contribution in [2.75, 3.05) is 0 Å². The molecule has 0 saturated heterocycles. The molecule has 2 heterocycles. The quantitative estimate of drug-likeness (QED) is 0.886. The summed E-state index contributed by atoms with van der Waals surface area (Å²) in [5, 5.41) is 11.0. The normalized spacial score (nSPS) is 10.3. The Bertz CT molecular complexity index is 519. The first-order valence-electron chi connectivity index (χ1n) is 4.97. The van der Waals surface area contributed by atoms with Gasteiger partial charge in [-0.3, -0.25) is 4.98 Å². The molecule has 4 heteroatoms. The highest BCUT2D eigenvalue weighted by Gasteiger charge is 2.07. The van der Waals surface area contributed by atoms with Gasteiger partial charge in [0.2, 0.25) is 0 Å². The van der Waals surface area contributed by atoms with Gasteiger partial charge in [0.25, 0.3) is 0 Å². The van der Waals surface area contributed by atoms with E-state index in [4.69, 9.17) is 5.11 Å². The third-order valence-electron chi connectivity index (χ3n) is 2.33. The second-order valence-electron chi connectivity index (χ2n) is 3.44. The summed E-state index contributed by atoms with van der Waals surface area (Å²) in [6.45, 7) is 2.09. The van der Waals surface area contributed by atoms with Gasteiger partial charge >= 0.3 is 5.97 Å². The lowest BCUT2D eigenvalue weighted by atomic mass is 10.1. The maximum absolute atomic E-state index is 10.8. The molecule has 0 aliphatic carbocycles. The summed E-state index contributed by atoms with van der Waals surface area (Å²) in [4.78, 5) is 15.8. The van der Waals surface area contributed by atoms with Crippen molar-refractivity contribution < 1.29 is 9.90 Å². The Morgan fingerprint density at radius 1 is 1.44 bits per heavy atom. The number of aryl methyl sites for hydroxylation is 1. The number of hydrogen-bond donors (Lipinski definition) is 1. The molecule has 82 valence electrons. The van der Waals surface area contributed by atoms with E-state index in [1.165, 1.54) is 11.8 Å². The Morgan fingerprint density at radius 3 is 2.88 bits per heavy atom. The topological polar surface area (TPSA) is 50.2 Å². The number of nitrogens with zero attached hydrogens (tertiary/aromatic N) is 1. The van der Waals surface area contributed by atoms with Crippen molar-refractivity contribution in [2.24, 2.45) is 0 Å². The Labute approximate surface area is 97.4 Å². The van der Waals surface area contributed by atoms with Crippen LogP contribution in [0.25, 0.3) is 10.4 Å². The summed E-state index contributed by atoms with van der Waals surface area (Å²) < 4.78 is 0. The molecule has 2 aromatic rings. The van der Waals surface area contributed by atoms with E-state index in [0.29, 0.717) is 0 Å². The fourth-order valence-corrected chi connectivity index (χ4v) is 2.38. The summed E-state index contributed by atoms with van der Waals surface area (Å²) in [6, 6.07) is 3.73. The van der Waals surface area contributed by atoms with Crippen molar-refractivity contribution in [1.29, 1.82) is 0 Å². The van der Waals surface area contributed by atoms with Crippen LogP contribution in [0.5, 0.6) is 0 Å². The van der Waals surface area contributed by atoms with Gasteiger partial charge in [-0.25, -0.2) is 4.79 Å². The molecule has 0 unspecified atom stereocenters. The number of carboxylic acid groups (broad SMARTS) is 1. The number of carbonyl (C=O) groups is 1. The highest BCUT2D eigenvalue weighted by atomic mass is 32.1. The molecule has 1 N–H and O–H groups in total. The minimum Gasteiger partial charge on any atom is -0.478 e. The first kappa shape index (κ1) is 10.8. The van der Waals surface area contributed by atoms with Gasteiger partial charge in [0, 0.05) is 22.8 Å². The predicted molar refractivity (Wildman–Crippen MR) is 63.9 cm³/mol. The number of carboxylic acids is 1. The Hall–Kier alpha value is -1.68. The predicted octanol–water partition coefficient (Wildman–Crippen LogP) is 3.07. The zero-order chi connectivity index (χ0) is 11.5. The average Bonchev–Trinajstić information content (AvgIpc) is 2.77. The minimum atomic E-state index is -0.943. The van der Waals surface area contributed by atoms with Crippen LogP contribution in [-0.4, -0.2) is 16.1 Å². The zero-order valence-electron chi connectivity index (χ0n) is 8.80. The highest BCUT2D eigenvalue weighted by molar-refractivity contribution is 7.13. The van der Waals surface area contributed by atoms with E-state index in [0.717, 1.165) is 16.9 Å². The van der Waals surface area contributed by atoms with Crippen LogP contribution in [-0.2, 0) is 6.42 Å². The van der Waals surface area contributed by atoms with Gasteiger partial charge in [-0.2, -0.15) is 0 Å². The summed E-state index contributed by atoms with van der Waals surface area (Å²) in [5.74, 6) is -0.943. The van der Waals surface area contributed by atoms with Crippen molar-refractivity contribution >= 4 is 17.3 Å². The Kier molecular flexibility index (Phi) is 3.01. The van der Waals surface area contributed by atoms with Crippen molar-refractivity contribution in [2.45, 2.75) is 13.3 Å². The van der Waals surface area contributed by atoms with Crippen LogP contribution in [0.3, 0.4) is 0 Å². The zero-order valence-corrected chi connectivity index (χ0v) is 9.62. The van der Waals surface area contributed by atoms with Gasteiger partial charge in [-0.05, 0) is 29.5 Å². The maximum atomic E-state index is 10.8. The number of aromatic carboxylic acids is 1. The van der Waals surface area contributed by atoms with E-state index in [1.807, 2.05) is 0 Å². The molecule has 3 nitrogen and oxygen atoms in total. The summed E-state index contributed by atoms with van der Waals surface area (Å²) in [6.07, 6.45) is 4.04. The lowest BCUT2D eigenvalue weighted by Gasteiger charge is -1.98. The van der Waals surface area contributed by atoms with Crippen LogP contribution >= 0.6 is 11.3 Å². The monoisotopic (exact) mass is 233 g/mol. The minimum absolute atomic E-state index is 0.226. The van der Waals surface area contributed by atoms with Crippen molar-refractivity contribution in [1.82, 2.24) is 4.98 Å². The molecule has 2 aromatic heterocycles. The molecule has 0 fully saturated rings. The molecule has 2 rings (SSSR count). The molecule has 0 saturated carbocycles. The first-order valence-corrected chi connectivity index (χ1v) is 5.84. The van der Waals surface area contributed by atoms with Gasteiger partial charge in [-0.15, -0.1) is 11.3 Å². The Balaban J connectivity index is 2.40. The number of aromatic nitrogens is 1. The summed E-state index contributed by atoms with van der Waals surface area (Å²) >= 11 is 1.61. The van der Waals surface area contributed by atoms with Crippen molar-refractivity contribution in [3.8, 4) is 10.4 Å². The third kappa shape index (κ3) is 2.12. The lowest BCUT2D eigenvalue weighted by molar-refractivity contribution is 0.0696. The molecule has 0 amide bonds. The number of rotatable bonds is 3. The average molecular weight is 233 g/mol. The number of pyridine rings is 1. The van der Waals surface area contributed by atoms with Crippen LogP contribution < -0.4 is 0 Å². The SMILES string of the molecule is CCc1csc(-c2cncc(C(=O)O)c2)c1. The van der Waals surface area contributed by atoms with E-state index < -0.39 is 5.97 Å². The number of hydrogen-bond acceptors (Lipinski definition) is 3.